The maximum absolute atomic E-state index is 5.83. The maximum atomic E-state index is 5.83. The van der Waals surface area contributed by atoms with Crippen molar-refractivity contribution < 1.29 is 0 Å². The van der Waals surface area contributed by atoms with Crippen LogP contribution in [0.25, 0.3) is 0 Å². The van der Waals surface area contributed by atoms with Gasteiger partial charge < -0.3 is 5.73 Å². The Balaban J connectivity index is 3.45. The van der Waals surface area contributed by atoms with Crippen molar-refractivity contribution in [3.8, 4) is 0 Å². The molecule has 1 nitrogen and oxygen atoms in total. The van der Waals surface area contributed by atoms with Gasteiger partial charge in [-0.25, -0.2) is 0 Å². The van der Waals surface area contributed by atoms with Crippen molar-refractivity contribution >= 4 is 7.28 Å². The third-order valence-electron chi connectivity index (χ3n) is 2.83. The smallest absolute Gasteiger partial charge is 0.127 e. The monoisotopic (exact) mass is 197 g/mol. The molecule has 0 radical (unpaired) electrons. The molecule has 84 valence electrons. The van der Waals surface area contributed by atoms with E-state index in [9.17, 15) is 0 Å². The van der Waals surface area contributed by atoms with E-state index >= 15 is 0 Å². The van der Waals surface area contributed by atoms with Gasteiger partial charge in [0.15, 0.2) is 0 Å². The van der Waals surface area contributed by atoms with Gasteiger partial charge in [0.1, 0.15) is 7.28 Å². The molecule has 0 spiro atoms. The lowest BCUT2D eigenvalue weighted by Gasteiger charge is -2.25. The zero-order chi connectivity index (χ0) is 11.0. The molecule has 0 heterocycles. The van der Waals surface area contributed by atoms with Crippen LogP contribution in [0.5, 0.6) is 0 Å². The molecular weight excluding hydrogens is 169 g/mol. The van der Waals surface area contributed by atoms with E-state index in [2.05, 4.69) is 27.7 Å². The van der Waals surface area contributed by atoms with Crippen molar-refractivity contribution in [1.29, 1.82) is 0 Å². The van der Waals surface area contributed by atoms with Crippen molar-refractivity contribution in [3.05, 3.63) is 0 Å². The second-order valence-electron chi connectivity index (χ2n) is 5.51. The standard InChI is InChI=1S/C12H28BN/c1-5-6-7-8-9-13-12(3,4)10-11(2)14/h11,13H,5-10,14H2,1-4H3. The van der Waals surface area contributed by atoms with Crippen molar-refractivity contribution in [3.63, 3.8) is 0 Å². The maximum Gasteiger partial charge on any atom is 0.127 e. The van der Waals surface area contributed by atoms with Crippen LogP contribution >= 0.6 is 0 Å². The summed E-state index contributed by atoms with van der Waals surface area (Å²) >= 11 is 0. The molecule has 0 aromatic heterocycles. The summed E-state index contributed by atoms with van der Waals surface area (Å²) in [6.07, 6.45) is 8.07. The highest BCUT2D eigenvalue weighted by Gasteiger charge is 2.19. The molecule has 0 saturated carbocycles. The molecule has 1 atom stereocenters. The minimum absolute atomic E-state index is 0.348. The van der Waals surface area contributed by atoms with Crippen LogP contribution in [0.3, 0.4) is 0 Å². The number of hydrogen-bond acceptors (Lipinski definition) is 1. The Morgan fingerprint density at radius 3 is 2.36 bits per heavy atom. The Hall–Kier alpha value is 0.0249. The molecule has 0 aromatic carbocycles. The zero-order valence-electron chi connectivity index (χ0n) is 10.6. The minimum atomic E-state index is 0.348. The summed E-state index contributed by atoms with van der Waals surface area (Å²) in [6.45, 7) is 9.06. The van der Waals surface area contributed by atoms with Gasteiger partial charge in [0.2, 0.25) is 0 Å². The number of unbranched alkanes of at least 4 members (excludes halogenated alkanes) is 3. The fraction of sp³-hybridized carbons (Fsp3) is 1.00. The zero-order valence-corrected chi connectivity index (χ0v) is 10.6. The predicted molar refractivity (Wildman–Crippen MR) is 68.4 cm³/mol. The van der Waals surface area contributed by atoms with Crippen LogP contribution in [0.15, 0.2) is 0 Å². The SMILES string of the molecule is CCCCCCBC(C)(C)CC(C)N. The van der Waals surface area contributed by atoms with Crippen LogP contribution in [0.4, 0.5) is 0 Å². The van der Waals surface area contributed by atoms with Crippen LogP contribution in [-0.2, 0) is 0 Å². The largest absolute Gasteiger partial charge is 0.328 e. The molecule has 0 rings (SSSR count). The first-order valence-corrected chi connectivity index (χ1v) is 6.23. The van der Waals surface area contributed by atoms with Gasteiger partial charge in [0.05, 0.1) is 0 Å². The molecule has 2 N–H and O–H groups in total. The van der Waals surface area contributed by atoms with E-state index < -0.39 is 0 Å². The van der Waals surface area contributed by atoms with Gasteiger partial charge >= 0.3 is 0 Å². The molecule has 0 aliphatic rings. The fourth-order valence-electron chi connectivity index (χ4n) is 2.18. The summed E-state index contributed by atoms with van der Waals surface area (Å²) in [5, 5.41) is 0.445. The van der Waals surface area contributed by atoms with Crippen molar-refractivity contribution in [2.75, 3.05) is 0 Å². The second-order valence-corrected chi connectivity index (χ2v) is 5.51. The fourth-order valence-corrected chi connectivity index (χ4v) is 2.18. The molecule has 0 amide bonds. The summed E-state index contributed by atoms with van der Waals surface area (Å²) in [7, 11) is 1.33. The molecular formula is C12H28BN. The molecule has 14 heavy (non-hydrogen) atoms. The lowest BCUT2D eigenvalue weighted by molar-refractivity contribution is 0.530. The van der Waals surface area contributed by atoms with E-state index in [1.54, 1.807) is 0 Å². The van der Waals surface area contributed by atoms with Gasteiger partial charge in [0, 0.05) is 6.04 Å². The summed E-state index contributed by atoms with van der Waals surface area (Å²) in [5.41, 5.74) is 5.83. The Labute approximate surface area is 91.1 Å². The summed E-state index contributed by atoms with van der Waals surface area (Å²) in [4.78, 5) is 0. The van der Waals surface area contributed by atoms with Crippen molar-refractivity contribution in [1.82, 2.24) is 0 Å². The van der Waals surface area contributed by atoms with Gasteiger partial charge in [-0.05, 0) is 13.3 Å². The first kappa shape index (κ1) is 14.0. The summed E-state index contributed by atoms with van der Waals surface area (Å²) < 4.78 is 0. The van der Waals surface area contributed by atoms with Crippen LogP contribution in [0.2, 0.25) is 11.6 Å². The third-order valence-corrected chi connectivity index (χ3v) is 2.83. The highest BCUT2D eigenvalue weighted by molar-refractivity contribution is 6.39. The quantitative estimate of drug-likeness (QED) is 0.468. The van der Waals surface area contributed by atoms with Crippen LogP contribution in [-0.4, -0.2) is 13.3 Å². The number of hydrogen-bond donors (Lipinski definition) is 1. The van der Waals surface area contributed by atoms with Crippen LogP contribution < -0.4 is 5.73 Å². The van der Waals surface area contributed by atoms with Crippen molar-refractivity contribution in [2.45, 2.75) is 77.5 Å². The molecule has 2 heteroatoms. The van der Waals surface area contributed by atoms with Gasteiger partial charge in [-0.3, -0.25) is 0 Å². The Kier molecular flexibility index (Phi) is 7.35. The lowest BCUT2D eigenvalue weighted by atomic mass is 9.50. The van der Waals surface area contributed by atoms with E-state index in [0.29, 0.717) is 11.4 Å². The number of nitrogens with two attached hydrogens (primary N) is 1. The van der Waals surface area contributed by atoms with Gasteiger partial charge in [0.25, 0.3) is 0 Å². The second kappa shape index (κ2) is 7.33. The third kappa shape index (κ3) is 8.62. The average molecular weight is 197 g/mol. The summed E-state index contributed by atoms with van der Waals surface area (Å²) in [5.74, 6) is 0. The van der Waals surface area contributed by atoms with E-state index in [1.807, 2.05) is 0 Å². The highest BCUT2D eigenvalue weighted by Crippen LogP contribution is 2.30. The molecule has 0 bridgehead atoms. The molecule has 0 aliphatic heterocycles. The molecule has 1 unspecified atom stereocenters. The predicted octanol–water partition coefficient (Wildman–Crippen LogP) is 3.36. The molecule has 0 aromatic rings. The highest BCUT2D eigenvalue weighted by atomic mass is 14.6. The summed E-state index contributed by atoms with van der Waals surface area (Å²) in [6, 6.07) is 0.348. The minimum Gasteiger partial charge on any atom is -0.328 e. The van der Waals surface area contributed by atoms with E-state index in [1.165, 1.54) is 39.3 Å². The van der Waals surface area contributed by atoms with Gasteiger partial charge in [-0.2, -0.15) is 0 Å². The Bertz CT molecular complexity index is 132. The Morgan fingerprint density at radius 2 is 1.86 bits per heavy atom. The van der Waals surface area contributed by atoms with Crippen LogP contribution in [0, 0.1) is 0 Å². The topological polar surface area (TPSA) is 26.0 Å². The van der Waals surface area contributed by atoms with Crippen molar-refractivity contribution in [2.24, 2.45) is 5.73 Å². The van der Waals surface area contributed by atoms with Gasteiger partial charge in [-0.15, -0.1) is 0 Å². The number of rotatable bonds is 8. The van der Waals surface area contributed by atoms with E-state index in [4.69, 9.17) is 5.73 Å². The average Bonchev–Trinajstić information content (AvgIpc) is 2.01. The molecule has 0 aliphatic carbocycles. The van der Waals surface area contributed by atoms with E-state index in [0.717, 1.165) is 6.42 Å². The Morgan fingerprint density at radius 1 is 1.21 bits per heavy atom. The molecule has 0 saturated heterocycles. The first-order valence-electron chi connectivity index (χ1n) is 6.23. The lowest BCUT2D eigenvalue weighted by Crippen LogP contribution is -2.24. The molecule has 0 fully saturated rings. The normalized spacial score (nSPS) is 14.1. The van der Waals surface area contributed by atoms with Crippen LogP contribution in [0.1, 0.15) is 59.8 Å². The first-order chi connectivity index (χ1) is 6.48. The van der Waals surface area contributed by atoms with Gasteiger partial charge in [-0.1, -0.05) is 58.1 Å². The van der Waals surface area contributed by atoms with E-state index in [-0.39, 0.29) is 0 Å².